The normalized spacial score (nSPS) is 12.4. The lowest BCUT2D eigenvalue weighted by Crippen LogP contribution is -2.37. The number of ether oxygens (including phenoxy) is 1. The van der Waals surface area contributed by atoms with E-state index in [1.165, 1.54) is 7.05 Å². The minimum Gasteiger partial charge on any atom is -0.380 e. The lowest BCUT2D eigenvalue weighted by Gasteiger charge is -2.20. The Morgan fingerprint density at radius 2 is 1.76 bits per heavy atom. The van der Waals surface area contributed by atoms with Gasteiger partial charge in [-0.2, -0.15) is 0 Å². The predicted molar refractivity (Wildman–Crippen MR) is 92.7 cm³/mol. The molecule has 0 aromatic carbocycles. The van der Waals surface area contributed by atoms with Gasteiger partial charge >= 0.3 is 0 Å². The Kier molecular flexibility index (Phi) is 9.99. The lowest BCUT2D eigenvalue weighted by atomic mass is 10.2. The molecule has 0 aromatic rings. The van der Waals surface area contributed by atoms with Crippen LogP contribution in [0.25, 0.3) is 0 Å². The first-order valence-electron chi connectivity index (χ1n) is 7.10. The van der Waals surface area contributed by atoms with Gasteiger partial charge in [0.2, 0.25) is 15.9 Å². The number of hydrogen-bond acceptors (Lipinski definition) is 5. The zero-order chi connectivity index (χ0) is 16.6. The number of amides is 1. The maximum absolute atomic E-state index is 11.9. The molecule has 126 valence electrons. The number of hydrogen-bond donors (Lipinski definition) is 0. The fourth-order valence-electron chi connectivity index (χ4n) is 1.49. The Hall–Kier alpha value is 0.0700. The Morgan fingerprint density at radius 3 is 2.24 bits per heavy atom. The highest BCUT2D eigenvalue weighted by Gasteiger charge is 2.24. The third kappa shape index (κ3) is 8.32. The maximum Gasteiger partial charge on any atom is 0.238 e. The number of nitrogens with zero attached hydrogens (tertiary/aromatic N) is 2. The van der Waals surface area contributed by atoms with E-state index in [9.17, 15) is 13.2 Å². The highest BCUT2D eigenvalue weighted by atomic mass is 127. The Balaban J connectivity index is 3.98. The van der Waals surface area contributed by atoms with E-state index in [0.717, 1.165) is 10.8 Å². The molecule has 0 saturated heterocycles. The van der Waals surface area contributed by atoms with Gasteiger partial charge in [0.1, 0.15) is 0 Å². The summed E-state index contributed by atoms with van der Waals surface area (Å²) in [6.07, 6.45) is 0.390. The molecule has 0 aliphatic heterocycles. The van der Waals surface area contributed by atoms with Gasteiger partial charge in [-0.1, -0.05) is 13.8 Å². The Morgan fingerprint density at radius 1 is 1.19 bits per heavy atom. The van der Waals surface area contributed by atoms with Crippen molar-refractivity contribution in [3.05, 3.63) is 0 Å². The van der Waals surface area contributed by atoms with Crippen molar-refractivity contribution in [2.45, 2.75) is 40.2 Å². The molecule has 0 heterocycles. The molecule has 6 nitrogen and oxygen atoms in total. The fraction of sp³-hybridized carbons (Fsp3) is 0.923. The maximum atomic E-state index is 11.9. The van der Waals surface area contributed by atoms with Crippen molar-refractivity contribution in [3.63, 3.8) is 0 Å². The zero-order valence-corrected chi connectivity index (χ0v) is 16.5. The van der Waals surface area contributed by atoms with E-state index in [1.54, 1.807) is 13.8 Å². The van der Waals surface area contributed by atoms with Gasteiger partial charge in [-0.15, -0.1) is 0 Å². The predicted octanol–water partition coefficient (Wildman–Crippen LogP) is 1.90. The van der Waals surface area contributed by atoms with Gasteiger partial charge in [0.25, 0.3) is 0 Å². The number of halogens is 1. The molecular formula is C13H27IN2O4S. The SMILES string of the molecule is CC(C)C(=O)N(C)S(=O)(=O)CCCOCCN(I)C(C)C. The summed E-state index contributed by atoms with van der Waals surface area (Å²) in [7, 11) is -2.21. The number of carbonyl (C=O) groups is 1. The minimum absolute atomic E-state index is 0.0694. The molecule has 0 aliphatic carbocycles. The van der Waals surface area contributed by atoms with E-state index >= 15 is 0 Å². The summed E-state index contributed by atoms with van der Waals surface area (Å²) < 4.78 is 32.3. The monoisotopic (exact) mass is 434 g/mol. The van der Waals surface area contributed by atoms with Gasteiger partial charge in [0, 0.05) is 55.0 Å². The van der Waals surface area contributed by atoms with Gasteiger partial charge in [-0.25, -0.2) is 15.8 Å². The highest BCUT2D eigenvalue weighted by molar-refractivity contribution is 14.1. The van der Waals surface area contributed by atoms with Crippen LogP contribution in [0.1, 0.15) is 34.1 Å². The molecule has 0 atom stereocenters. The van der Waals surface area contributed by atoms with Crippen molar-refractivity contribution in [2.24, 2.45) is 5.92 Å². The average Bonchev–Trinajstić information content (AvgIpc) is 2.40. The lowest BCUT2D eigenvalue weighted by molar-refractivity contribution is -0.128. The summed E-state index contributed by atoms with van der Waals surface area (Å²) in [6, 6.07) is 0.449. The molecule has 1 amide bonds. The molecule has 0 radical (unpaired) electrons. The van der Waals surface area contributed by atoms with Crippen LogP contribution in [-0.2, 0) is 19.6 Å². The second kappa shape index (κ2) is 9.96. The molecule has 0 saturated carbocycles. The van der Waals surface area contributed by atoms with Crippen LogP contribution in [0, 0.1) is 5.92 Å². The molecule has 0 bridgehead atoms. The summed E-state index contributed by atoms with van der Waals surface area (Å²) in [5, 5.41) is 0. The molecule has 0 fully saturated rings. The summed E-state index contributed by atoms with van der Waals surface area (Å²) in [6.45, 7) is 9.31. The van der Waals surface area contributed by atoms with Crippen LogP contribution in [-0.4, -0.2) is 60.3 Å². The number of carbonyl (C=O) groups excluding carboxylic acids is 1. The van der Waals surface area contributed by atoms with Crippen molar-refractivity contribution in [2.75, 3.05) is 32.6 Å². The summed E-state index contributed by atoms with van der Waals surface area (Å²) in [4.78, 5) is 11.7. The molecular weight excluding hydrogens is 407 g/mol. The summed E-state index contributed by atoms with van der Waals surface area (Å²) in [5.41, 5.74) is 0. The molecule has 8 heteroatoms. The average molecular weight is 434 g/mol. The van der Waals surface area contributed by atoms with Crippen LogP contribution in [0.4, 0.5) is 0 Å². The van der Waals surface area contributed by atoms with E-state index in [-0.39, 0.29) is 17.6 Å². The Bertz CT molecular complexity index is 412. The standard InChI is InChI=1S/C13H27IN2O4S/c1-11(2)13(17)15(5)21(18,19)10-6-8-20-9-7-16(14)12(3)4/h11-12H,6-10H2,1-5H3. The molecule has 0 aliphatic rings. The highest BCUT2D eigenvalue weighted by Crippen LogP contribution is 2.07. The molecule has 0 unspecified atom stereocenters. The van der Waals surface area contributed by atoms with Gasteiger partial charge in [0.05, 0.1) is 12.4 Å². The molecule has 0 rings (SSSR count). The van der Waals surface area contributed by atoms with Crippen molar-refractivity contribution in [3.8, 4) is 0 Å². The van der Waals surface area contributed by atoms with E-state index in [0.29, 0.717) is 25.7 Å². The third-order valence-corrected chi connectivity index (χ3v) is 6.34. The van der Waals surface area contributed by atoms with Gasteiger partial charge in [-0.3, -0.25) is 4.79 Å². The third-order valence-electron chi connectivity index (χ3n) is 2.92. The smallest absolute Gasteiger partial charge is 0.238 e. The summed E-state index contributed by atoms with van der Waals surface area (Å²) >= 11 is 2.24. The minimum atomic E-state index is -3.53. The van der Waals surface area contributed by atoms with Crippen LogP contribution in [0.5, 0.6) is 0 Å². The first kappa shape index (κ1) is 21.1. The van der Waals surface area contributed by atoms with E-state index < -0.39 is 10.0 Å². The number of rotatable bonds is 10. The second-order valence-corrected chi connectivity index (χ2v) is 8.82. The van der Waals surface area contributed by atoms with Crippen LogP contribution < -0.4 is 0 Å². The van der Waals surface area contributed by atoms with Crippen LogP contribution in [0.3, 0.4) is 0 Å². The first-order valence-corrected chi connectivity index (χ1v) is 9.67. The molecule has 0 aromatic heterocycles. The number of sulfonamides is 1. The first-order chi connectivity index (χ1) is 9.59. The van der Waals surface area contributed by atoms with E-state index in [2.05, 4.69) is 39.8 Å². The van der Waals surface area contributed by atoms with Crippen LogP contribution >= 0.6 is 22.9 Å². The molecule has 0 spiro atoms. The molecule has 0 N–H and O–H groups in total. The largest absolute Gasteiger partial charge is 0.380 e. The molecule has 21 heavy (non-hydrogen) atoms. The van der Waals surface area contributed by atoms with E-state index in [1.807, 2.05) is 0 Å². The van der Waals surface area contributed by atoms with Crippen molar-refractivity contribution >= 4 is 38.8 Å². The zero-order valence-electron chi connectivity index (χ0n) is 13.5. The van der Waals surface area contributed by atoms with Gasteiger partial charge < -0.3 is 4.74 Å². The van der Waals surface area contributed by atoms with Gasteiger partial charge in [0.15, 0.2) is 0 Å². The van der Waals surface area contributed by atoms with E-state index in [4.69, 9.17) is 4.74 Å². The second-order valence-electron chi connectivity index (χ2n) is 5.46. The van der Waals surface area contributed by atoms with Crippen molar-refractivity contribution < 1.29 is 17.9 Å². The quantitative estimate of drug-likeness (QED) is 0.299. The fourth-order valence-corrected chi connectivity index (χ4v) is 2.93. The summed E-state index contributed by atoms with van der Waals surface area (Å²) in [5.74, 6) is -0.778. The van der Waals surface area contributed by atoms with Crippen LogP contribution in [0.2, 0.25) is 0 Å². The van der Waals surface area contributed by atoms with Crippen molar-refractivity contribution in [1.82, 2.24) is 7.42 Å². The topological polar surface area (TPSA) is 66.9 Å². The van der Waals surface area contributed by atoms with Gasteiger partial charge in [-0.05, 0) is 20.3 Å². The van der Waals surface area contributed by atoms with Crippen molar-refractivity contribution in [1.29, 1.82) is 0 Å². The van der Waals surface area contributed by atoms with Crippen LogP contribution in [0.15, 0.2) is 0 Å². The Labute approximate surface area is 142 Å².